The Bertz CT molecular complexity index is 1160. The molecule has 2 aromatic rings. The van der Waals surface area contributed by atoms with Crippen molar-refractivity contribution in [3.63, 3.8) is 0 Å². The first kappa shape index (κ1) is 20.7. The number of allylic oxidation sites excluding steroid dienone is 10. The lowest BCUT2D eigenvalue weighted by atomic mass is 9.81. The fourth-order valence-corrected chi connectivity index (χ4v) is 5.33. The highest BCUT2D eigenvalue weighted by molar-refractivity contribution is 5.90. The maximum Gasteiger partial charge on any atom is 0.142 e. The lowest BCUT2D eigenvalue weighted by Crippen LogP contribution is -2.24. The van der Waals surface area contributed by atoms with E-state index in [2.05, 4.69) is 97.1 Å². The van der Waals surface area contributed by atoms with E-state index in [1.807, 2.05) is 13.8 Å². The summed E-state index contributed by atoms with van der Waals surface area (Å²) in [4.78, 5) is 13.2. The summed E-state index contributed by atoms with van der Waals surface area (Å²) in [5.74, 6) is 0.925. The molecule has 0 amide bonds. The Kier molecular flexibility index (Phi) is 5.66. The summed E-state index contributed by atoms with van der Waals surface area (Å²) in [7, 11) is 0. The minimum absolute atomic E-state index is 0.0233. The summed E-state index contributed by atoms with van der Waals surface area (Å²) in [6, 6.07) is 21.4. The van der Waals surface area contributed by atoms with Gasteiger partial charge < -0.3 is 0 Å². The molecule has 160 valence electrons. The van der Waals surface area contributed by atoms with Crippen LogP contribution in [0, 0.1) is 17.8 Å². The van der Waals surface area contributed by atoms with E-state index in [0.717, 1.165) is 12.8 Å². The maximum absolute atomic E-state index is 13.2. The van der Waals surface area contributed by atoms with Gasteiger partial charge in [0.1, 0.15) is 5.78 Å². The molecule has 2 aromatic carbocycles. The van der Waals surface area contributed by atoms with Crippen LogP contribution in [-0.2, 0) is 4.79 Å². The summed E-state index contributed by atoms with van der Waals surface area (Å²) in [6.07, 6.45) is 15.6. The smallest absolute Gasteiger partial charge is 0.142 e. The minimum Gasteiger partial charge on any atom is -0.299 e. The van der Waals surface area contributed by atoms with Crippen LogP contribution < -0.4 is 0 Å². The molecule has 0 fully saturated rings. The van der Waals surface area contributed by atoms with Crippen molar-refractivity contribution in [2.24, 2.45) is 17.8 Å². The Labute approximate surface area is 191 Å². The molecule has 0 spiro atoms. The van der Waals surface area contributed by atoms with Crippen LogP contribution in [0.25, 0.3) is 5.57 Å². The summed E-state index contributed by atoms with van der Waals surface area (Å²) in [6.45, 7) is 4.06. The van der Waals surface area contributed by atoms with Crippen LogP contribution in [0.1, 0.15) is 43.7 Å². The molecule has 3 aliphatic rings. The quantitative estimate of drug-likeness (QED) is 0.475. The van der Waals surface area contributed by atoms with E-state index in [4.69, 9.17) is 0 Å². The van der Waals surface area contributed by atoms with E-state index in [1.165, 1.54) is 33.4 Å². The summed E-state index contributed by atoms with van der Waals surface area (Å²) in [5, 5.41) is 0. The van der Waals surface area contributed by atoms with Crippen molar-refractivity contribution in [2.75, 3.05) is 0 Å². The molecule has 5 rings (SSSR count). The van der Waals surface area contributed by atoms with Crippen molar-refractivity contribution in [2.45, 2.75) is 32.6 Å². The molecule has 0 N–H and O–H groups in total. The zero-order valence-electron chi connectivity index (χ0n) is 18.9. The summed E-state index contributed by atoms with van der Waals surface area (Å²) >= 11 is 0. The molecule has 32 heavy (non-hydrogen) atoms. The van der Waals surface area contributed by atoms with Gasteiger partial charge in [-0.25, -0.2) is 0 Å². The number of carbonyl (C=O) groups is 1. The largest absolute Gasteiger partial charge is 0.299 e. The Morgan fingerprint density at radius 2 is 1.56 bits per heavy atom. The number of ketones is 1. The van der Waals surface area contributed by atoms with Crippen molar-refractivity contribution < 1.29 is 4.79 Å². The molecule has 0 saturated carbocycles. The second-order valence-corrected chi connectivity index (χ2v) is 9.42. The third kappa shape index (κ3) is 3.88. The number of hydrogen-bond acceptors (Lipinski definition) is 1. The van der Waals surface area contributed by atoms with Gasteiger partial charge in [0.2, 0.25) is 0 Å². The average molecular weight is 419 g/mol. The zero-order valence-corrected chi connectivity index (χ0v) is 18.9. The van der Waals surface area contributed by atoms with Gasteiger partial charge >= 0.3 is 0 Å². The Balaban J connectivity index is 1.55. The normalized spacial score (nSPS) is 24.4. The molecule has 0 heterocycles. The maximum atomic E-state index is 13.2. The zero-order chi connectivity index (χ0) is 22.1. The summed E-state index contributed by atoms with van der Waals surface area (Å²) < 4.78 is 0. The predicted molar refractivity (Wildman–Crippen MR) is 133 cm³/mol. The molecule has 0 radical (unpaired) electrons. The van der Waals surface area contributed by atoms with E-state index in [1.54, 1.807) is 0 Å². The minimum atomic E-state index is -0.0233. The van der Waals surface area contributed by atoms with Crippen LogP contribution in [0.2, 0.25) is 0 Å². The van der Waals surface area contributed by atoms with Crippen LogP contribution in [0.3, 0.4) is 0 Å². The standard InChI is InChI=1S/C31H30O/c1-21(2)31(32)30-20-26(19-28(30)24-15-9-10-16-24)29-18-25(22-11-5-3-6-12-22)17-27(29)23-13-7-4-8-14-23/h3-15,17-18,20-21,25,28,30H,16,19H2,1-2H3. The lowest BCUT2D eigenvalue weighted by Gasteiger charge is -2.21. The van der Waals surface area contributed by atoms with Crippen molar-refractivity contribution in [3.8, 4) is 0 Å². The van der Waals surface area contributed by atoms with Crippen LogP contribution in [0.5, 0.6) is 0 Å². The fourth-order valence-electron chi connectivity index (χ4n) is 5.33. The van der Waals surface area contributed by atoms with Crippen LogP contribution >= 0.6 is 0 Å². The molecule has 0 bridgehead atoms. The molecule has 1 nitrogen and oxygen atoms in total. The molecule has 3 aliphatic carbocycles. The third-order valence-corrected chi connectivity index (χ3v) is 7.03. The predicted octanol–water partition coefficient (Wildman–Crippen LogP) is 7.47. The van der Waals surface area contributed by atoms with E-state index in [0.29, 0.717) is 5.78 Å². The number of carbonyl (C=O) groups excluding carboxylic acids is 1. The molecule has 0 aromatic heterocycles. The van der Waals surface area contributed by atoms with Crippen molar-refractivity contribution in [1.82, 2.24) is 0 Å². The van der Waals surface area contributed by atoms with Gasteiger partial charge in [0.15, 0.2) is 0 Å². The first-order chi connectivity index (χ1) is 15.6. The molecule has 3 unspecified atom stereocenters. The fraction of sp³-hybridized carbons (Fsp3) is 0.258. The monoisotopic (exact) mass is 418 g/mol. The average Bonchev–Trinajstić information content (AvgIpc) is 3.58. The summed E-state index contributed by atoms with van der Waals surface area (Å²) in [5.41, 5.74) is 7.88. The molecule has 0 saturated heterocycles. The topological polar surface area (TPSA) is 17.1 Å². The highest BCUT2D eigenvalue weighted by Gasteiger charge is 2.38. The highest BCUT2D eigenvalue weighted by Crippen LogP contribution is 2.48. The number of rotatable bonds is 6. The van der Waals surface area contributed by atoms with Crippen molar-refractivity contribution >= 4 is 11.4 Å². The molecular weight excluding hydrogens is 388 g/mol. The molecular formula is C31H30O. The van der Waals surface area contributed by atoms with Crippen LogP contribution in [0.15, 0.2) is 114 Å². The van der Waals surface area contributed by atoms with E-state index >= 15 is 0 Å². The number of Topliss-reactive ketones (excluding diaryl/α,β-unsaturated/α-hetero) is 1. The number of benzene rings is 2. The Morgan fingerprint density at radius 1 is 0.875 bits per heavy atom. The van der Waals surface area contributed by atoms with Gasteiger partial charge in [0.25, 0.3) is 0 Å². The second kappa shape index (κ2) is 8.74. The first-order valence-corrected chi connectivity index (χ1v) is 11.8. The first-order valence-electron chi connectivity index (χ1n) is 11.8. The molecule has 0 aliphatic heterocycles. The SMILES string of the molecule is CC(C)C(=O)C1C=C(C2=CC(c3ccccc3)C=C2c2ccccc2)CC1C1=CC=CC1. The van der Waals surface area contributed by atoms with Crippen molar-refractivity contribution in [3.05, 3.63) is 125 Å². The molecule has 1 heteroatoms. The second-order valence-electron chi connectivity index (χ2n) is 9.42. The van der Waals surface area contributed by atoms with Gasteiger partial charge in [-0.15, -0.1) is 0 Å². The molecule has 3 atom stereocenters. The third-order valence-electron chi connectivity index (χ3n) is 7.03. The van der Waals surface area contributed by atoms with Gasteiger partial charge in [-0.2, -0.15) is 0 Å². The van der Waals surface area contributed by atoms with Gasteiger partial charge in [-0.3, -0.25) is 4.79 Å². The Morgan fingerprint density at radius 3 is 2.22 bits per heavy atom. The van der Waals surface area contributed by atoms with Crippen LogP contribution in [-0.4, -0.2) is 5.78 Å². The van der Waals surface area contributed by atoms with Gasteiger partial charge in [-0.05, 0) is 46.6 Å². The highest BCUT2D eigenvalue weighted by atomic mass is 16.1. The lowest BCUT2D eigenvalue weighted by molar-refractivity contribution is -0.125. The van der Waals surface area contributed by atoms with E-state index < -0.39 is 0 Å². The van der Waals surface area contributed by atoms with Gasteiger partial charge in [0.05, 0.1) is 0 Å². The Hall–Kier alpha value is -3.19. The number of hydrogen-bond donors (Lipinski definition) is 0. The van der Waals surface area contributed by atoms with E-state index in [9.17, 15) is 4.79 Å². The van der Waals surface area contributed by atoms with Gasteiger partial charge in [0, 0.05) is 17.8 Å². The van der Waals surface area contributed by atoms with Crippen molar-refractivity contribution in [1.29, 1.82) is 0 Å². The van der Waals surface area contributed by atoms with Crippen LogP contribution in [0.4, 0.5) is 0 Å². The van der Waals surface area contributed by atoms with E-state index in [-0.39, 0.29) is 23.7 Å². The van der Waals surface area contributed by atoms with Gasteiger partial charge in [-0.1, -0.05) is 117 Å².